The molecule has 0 bridgehead atoms. The number of nitrogens with one attached hydrogen (secondary N) is 1. The van der Waals surface area contributed by atoms with E-state index in [1.165, 1.54) is 22.3 Å². The summed E-state index contributed by atoms with van der Waals surface area (Å²) in [5, 5.41) is 2.74. The van der Waals surface area contributed by atoms with Crippen molar-refractivity contribution in [2.45, 2.75) is 6.10 Å². The molecule has 10 heteroatoms. The second kappa shape index (κ2) is 8.79. The maximum absolute atomic E-state index is 14.8. The molecule has 0 saturated carbocycles. The lowest BCUT2D eigenvalue weighted by molar-refractivity contribution is 0.0920. The molecular formula is C20H22ClFN4O3S. The Morgan fingerprint density at radius 3 is 2.70 bits per heavy atom. The summed E-state index contributed by atoms with van der Waals surface area (Å²) in [6.07, 6.45) is -1.07. The summed E-state index contributed by atoms with van der Waals surface area (Å²) in [5.41, 5.74) is 0.979. The summed E-state index contributed by atoms with van der Waals surface area (Å²) in [6, 6.07) is 8.09. The van der Waals surface area contributed by atoms with Crippen molar-refractivity contribution in [2.75, 3.05) is 56.1 Å². The number of rotatable bonds is 5. The Hall–Kier alpha value is -2.36. The normalized spacial score (nSPS) is 19.8. The number of cyclic esters (lactones) is 1. The van der Waals surface area contributed by atoms with Crippen LogP contribution < -0.4 is 15.1 Å². The van der Waals surface area contributed by atoms with Gasteiger partial charge in [-0.3, -0.25) is 9.69 Å². The highest BCUT2D eigenvalue weighted by atomic mass is 35.5. The van der Waals surface area contributed by atoms with E-state index >= 15 is 0 Å². The molecule has 2 fully saturated rings. The van der Waals surface area contributed by atoms with E-state index in [0.717, 1.165) is 26.2 Å². The number of anilines is 2. The molecule has 1 N–H and O–H groups in total. The van der Waals surface area contributed by atoms with Crippen LogP contribution in [0.1, 0.15) is 9.67 Å². The average Bonchev–Trinajstić information content (AvgIpc) is 3.32. The fourth-order valence-corrected chi connectivity index (χ4v) is 4.50. The lowest BCUT2D eigenvalue weighted by atomic mass is 10.2. The van der Waals surface area contributed by atoms with Gasteiger partial charge in [0.2, 0.25) is 0 Å². The zero-order valence-corrected chi connectivity index (χ0v) is 18.0. The number of benzene rings is 1. The summed E-state index contributed by atoms with van der Waals surface area (Å²) < 4.78 is 20.6. The Kier molecular flexibility index (Phi) is 6.12. The Morgan fingerprint density at radius 2 is 2.03 bits per heavy atom. The van der Waals surface area contributed by atoms with Crippen LogP contribution in [0.3, 0.4) is 0 Å². The Morgan fingerprint density at radius 1 is 1.27 bits per heavy atom. The first kappa shape index (κ1) is 20.9. The van der Waals surface area contributed by atoms with Crippen LogP contribution in [0, 0.1) is 5.82 Å². The third-order valence-electron chi connectivity index (χ3n) is 5.25. The minimum absolute atomic E-state index is 0.165. The fraction of sp³-hybridized carbons (Fsp3) is 0.400. The first-order valence-electron chi connectivity index (χ1n) is 9.65. The summed E-state index contributed by atoms with van der Waals surface area (Å²) in [6.45, 7) is 3.68. The van der Waals surface area contributed by atoms with Crippen molar-refractivity contribution >= 4 is 46.3 Å². The molecule has 2 amide bonds. The second-order valence-corrected chi connectivity index (χ2v) is 9.07. The van der Waals surface area contributed by atoms with Crippen LogP contribution in [0.5, 0.6) is 0 Å². The van der Waals surface area contributed by atoms with E-state index < -0.39 is 12.2 Å². The number of nitrogens with zero attached hydrogens (tertiary/aromatic N) is 3. The number of piperazine rings is 1. The number of hydrogen-bond donors (Lipinski definition) is 1. The monoisotopic (exact) mass is 452 g/mol. The van der Waals surface area contributed by atoms with E-state index in [-0.39, 0.29) is 24.8 Å². The zero-order valence-electron chi connectivity index (χ0n) is 16.4. The highest BCUT2D eigenvalue weighted by molar-refractivity contribution is 7.18. The lowest BCUT2D eigenvalue weighted by Gasteiger charge is -2.34. The van der Waals surface area contributed by atoms with Crippen LogP contribution in [0.4, 0.5) is 20.6 Å². The highest BCUT2D eigenvalue weighted by Gasteiger charge is 2.33. The van der Waals surface area contributed by atoms with Gasteiger partial charge in [-0.05, 0) is 37.4 Å². The topological polar surface area (TPSA) is 65.1 Å². The molecule has 1 atom stereocenters. The Bertz CT molecular complexity index is 948. The van der Waals surface area contributed by atoms with Crippen LogP contribution in [0.2, 0.25) is 4.34 Å². The minimum Gasteiger partial charge on any atom is -0.442 e. The van der Waals surface area contributed by atoms with Crippen molar-refractivity contribution in [1.29, 1.82) is 0 Å². The van der Waals surface area contributed by atoms with Crippen molar-refractivity contribution in [1.82, 2.24) is 10.2 Å². The molecule has 1 aromatic heterocycles. The van der Waals surface area contributed by atoms with Crippen molar-refractivity contribution in [3.63, 3.8) is 0 Å². The van der Waals surface area contributed by atoms with Crippen molar-refractivity contribution < 1.29 is 18.7 Å². The van der Waals surface area contributed by atoms with Gasteiger partial charge in [0.15, 0.2) is 0 Å². The van der Waals surface area contributed by atoms with Crippen LogP contribution in [-0.4, -0.2) is 69.3 Å². The smallest absolute Gasteiger partial charge is 0.414 e. The predicted molar refractivity (Wildman–Crippen MR) is 115 cm³/mol. The summed E-state index contributed by atoms with van der Waals surface area (Å²) in [5.74, 6) is -0.639. The molecule has 0 unspecified atom stereocenters. The number of likely N-dealkylation sites (N-methyl/N-ethyl adjacent to an activating group) is 1. The van der Waals surface area contributed by atoms with Crippen molar-refractivity contribution in [3.05, 3.63) is 45.4 Å². The number of thiophene rings is 1. The third kappa shape index (κ3) is 4.53. The highest BCUT2D eigenvalue weighted by Crippen LogP contribution is 2.28. The van der Waals surface area contributed by atoms with Gasteiger partial charge in [0.1, 0.15) is 11.9 Å². The van der Waals surface area contributed by atoms with Crippen molar-refractivity contribution in [3.8, 4) is 0 Å². The molecule has 30 heavy (non-hydrogen) atoms. The van der Waals surface area contributed by atoms with E-state index in [0.29, 0.717) is 20.6 Å². The molecule has 2 saturated heterocycles. The van der Waals surface area contributed by atoms with E-state index in [4.69, 9.17) is 16.3 Å². The Balaban J connectivity index is 1.37. The van der Waals surface area contributed by atoms with Crippen LogP contribution >= 0.6 is 22.9 Å². The second-order valence-electron chi connectivity index (χ2n) is 7.36. The van der Waals surface area contributed by atoms with Gasteiger partial charge in [-0.25, -0.2) is 9.18 Å². The van der Waals surface area contributed by atoms with Gasteiger partial charge in [0.25, 0.3) is 5.91 Å². The maximum atomic E-state index is 14.8. The van der Waals surface area contributed by atoms with Gasteiger partial charge in [-0.2, -0.15) is 0 Å². The van der Waals surface area contributed by atoms with Crippen LogP contribution in [0.25, 0.3) is 0 Å². The van der Waals surface area contributed by atoms with Gasteiger partial charge < -0.3 is 19.9 Å². The fourth-order valence-electron chi connectivity index (χ4n) is 3.54. The largest absolute Gasteiger partial charge is 0.442 e. The lowest BCUT2D eigenvalue weighted by Crippen LogP contribution is -2.44. The third-order valence-corrected chi connectivity index (χ3v) is 6.48. The van der Waals surface area contributed by atoms with Gasteiger partial charge in [0, 0.05) is 26.2 Å². The SMILES string of the molecule is CN1CCN(c2ccc(N3C[C@H](CNC(=O)c4ccc(Cl)s4)OC3=O)cc2F)CC1. The predicted octanol–water partition coefficient (Wildman–Crippen LogP) is 3.05. The maximum Gasteiger partial charge on any atom is 0.414 e. The number of carbonyl (C=O) groups is 2. The number of amides is 2. The summed E-state index contributed by atoms with van der Waals surface area (Å²) in [4.78, 5) is 30.5. The molecule has 2 aliphatic rings. The van der Waals surface area contributed by atoms with Crippen LogP contribution in [-0.2, 0) is 4.74 Å². The number of ether oxygens (including phenoxy) is 1. The summed E-state index contributed by atoms with van der Waals surface area (Å²) in [7, 11) is 2.05. The standard InChI is InChI=1S/C20H22ClFN4O3S/c1-24-6-8-25(9-7-24)16-3-2-13(10-15(16)22)26-12-14(29-20(26)28)11-23-19(27)17-4-5-18(21)30-17/h2-5,10,14H,6-9,11-12H2,1H3,(H,23,27)/t14-/m0/s1. The molecule has 2 aliphatic heterocycles. The molecule has 3 heterocycles. The molecule has 0 aliphatic carbocycles. The molecule has 1 aromatic carbocycles. The number of halogens is 2. The average molecular weight is 453 g/mol. The molecule has 160 valence electrons. The molecule has 2 aromatic rings. The molecule has 0 spiro atoms. The first-order chi connectivity index (χ1) is 14.4. The molecule has 4 rings (SSSR count). The Labute approximate surface area is 183 Å². The quantitative estimate of drug-likeness (QED) is 0.755. The van der Waals surface area contributed by atoms with E-state index in [1.54, 1.807) is 24.3 Å². The van der Waals surface area contributed by atoms with Gasteiger partial charge in [0.05, 0.1) is 33.7 Å². The van der Waals surface area contributed by atoms with E-state index in [1.807, 2.05) is 11.9 Å². The van der Waals surface area contributed by atoms with E-state index in [9.17, 15) is 14.0 Å². The van der Waals surface area contributed by atoms with E-state index in [2.05, 4.69) is 10.2 Å². The molecule has 0 radical (unpaired) electrons. The summed E-state index contributed by atoms with van der Waals surface area (Å²) >= 11 is 7.02. The van der Waals surface area contributed by atoms with Crippen LogP contribution in [0.15, 0.2) is 30.3 Å². The first-order valence-corrected chi connectivity index (χ1v) is 10.8. The van der Waals surface area contributed by atoms with Gasteiger partial charge in [-0.1, -0.05) is 11.6 Å². The molecule has 7 nitrogen and oxygen atoms in total. The number of hydrogen-bond acceptors (Lipinski definition) is 6. The van der Waals surface area contributed by atoms with Gasteiger partial charge in [-0.15, -0.1) is 11.3 Å². The van der Waals surface area contributed by atoms with Gasteiger partial charge >= 0.3 is 6.09 Å². The number of carbonyl (C=O) groups excluding carboxylic acids is 2. The molecular weight excluding hydrogens is 431 g/mol. The van der Waals surface area contributed by atoms with Crippen molar-refractivity contribution in [2.24, 2.45) is 0 Å². The zero-order chi connectivity index (χ0) is 21.3. The minimum atomic E-state index is -0.555.